The molecule has 7 heteroatoms. The van der Waals surface area contributed by atoms with E-state index in [-0.39, 0.29) is 24.3 Å². The molecule has 0 fully saturated rings. The molecule has 2 aliphatic heterocycles. The third-order valence-electron chi connectivity index (χ3n) is 4.99. The summed E-state index contributed by atoms with van der Waals surface area (Å²) in [5.74, 6) is -0.809. The zero-order chi connectivity index (χ0) is 19.7. The number of pyridine rings is 1. The van der Waals surface area contributed by atoms with Gasteiger partial charge in [0.25, 0.3) is 11.8 Å². The van der Waals surface area contributed by atoms with Crippen molar-refractivity contribution in [2.24, 2.45) is 0 Å². The average molecular weight is 376 g/mol. The number of carbonyl (C=O) groups is 3. The maximum atomic E-state index is 12.5. The molecule has 0 bridgehead atoms. The van der Waals surface area contributed by atoms with Gasteiger partial charge in [-0.15, -0.1) is 0 Å². The van der Waals surface area contributed by atoms with Crippen LogP contribution in [0.1, 0.15) is 12.8 Å². The van der Waals surface area contributed by atoms with Gasteiger partial charge in [-0.25, -0.2) is 0 Å². The van der Waals surface area contributed by atoms with Gasteiger partial charge in [-0.3, -0.25) is 24.3 Å². The van der Waals surface area contributed by atoms with Gasteiger partial charge >= 0.3 is 0 Å². The molecule has 7 nitrogen and oxygen atoms in total. The fourth-order valence-corrected chi connectivity index (χ4v) is 3.58. The quantitative estimate of drug-likeness (QED) is 0.826. The molecule has 0 aliphatic carbocycles. The first-order valence-electron chi connectivity index (χ1n) is 9.16. The highest BCUT2D eigenvalue weighted by molar-refractivity contribution is 6.19. The van der Waals surface area contributed by atoms with E-state index in [1.807, 2.05) is 42.5 Å². The predicted molar refractivity (Wildman–Crippen MR) is 104 cm³/mol. The topological polar surface area (TPSA) is 82.6 Å². The predicted octanol–water partition coefficient (Wildman–Crippen LogP) is 2.04. The third kappa shape index (κ3) is 3.26. The molecular weight excluding hydrogens is 356 g/mol. The number of anilines is 1. The van der Waals surface area contributed by atoms with E-state index < -0.39 is 0 Å². The molecule has 0 spiro atoms. The number of likely N-dealkylation sites (N-methyl/N-ethyl adjacent to an activating group) is 1. The molecule has 0 radical (unpaired) electrons. The Kier molecular flexibility index (Phi) is 4.65. The highest BCUT2D eigenvalue weighted by Crippen LogP contribution is 2.30. The van der Waals surface area contributed by atoms with Crippen LogP contribution < -0.4 is 5.32 Å². The number of rotatable bonds is 4. The molecule has 0 saturated heterocycles. The summed E-state index contributed by atoms with van der Waals surface area (Å²) >= 11 is 0. The van der Waals surface area contributed by atoms with Crippen LogP contribution in [0.5, 0.6) is 0 Å². The lowest BCUT2D eigenvalue weighted by atomic mass is 10.0. The van der Waals surface area contributed by atoms with Crippen molar-refractivity contribution < 1.29 is 14.4 Å². The van der Waals surface area contributed by atoms with Gasteiger partial charge in [0.05, 0.1) is 12.2 Å². The van der Waals surface area contributed by atoms with Gasteiger partial charge in [-0.05, 0) is 37.1 Å². The highest BCUT2D eigenvalue weighted by atomic mass is 16.2. The number of nitrogens with zero attached hydrogens (tertiary/aromatic N) is 3. The van der Waals surface area contributed by atoms with Crippen LogP contribution in [0.4, 0.5) is 5.69 Å². The Morgan fingerprint density at radius 2 is 1.89 bits per heavy atom. The number of hydrogen-bond donors (Lipinski definition) is 1. The normalized spacial score (nSPS) is 16.5. The van der Waals surface area contributed by atoms with Crippen LogP contribution >= 0.6 is 0 Å². The lowest BCUT2D eigenvalue weighted by Gasteiger charge is -2.28. The lowest BCUT2D eigenvalue weighted by Crippen LogP contribution is -2.38. The minimum absolute atomic E-state index is 0.0354. The van der Waals surface area contributed by atoms with Crippen molar-refractivity contribution in [1.82, 2.24) is 14.8 Å². The Labute approximate surface area is 162 Å². The minimum Gasteiger partial charge on any atom is -0.357 e. The molecule has 2 aromatic rings. The Bertz CT molecular complexity index is 967. The number of imide groups is 1. The first kappa shape index (κ1) is 17.9. The highest BCUT2D eigenvalue weighted by Gasteiger charge is 2.40. The summed E-state index contributed by atoms with van der Waals surface area (Å²) in [5, 5.41) is 2.85. The number of aromatic nitrogens is 1. The van der Waals surface area contributed by atoms with E-state index in [1.54, 1.807) is 11.1 Å². The Hall–Kier alpha value is -3.48. The largest absolute Gasteiger partial charge is 0.357 e. The first-order chi connectivity index (χ1) is 13.5. The summed E-state index contributed by atoms with van der Waals surface area (Å²) in [6.07, 6.45) is 3.06. The maximum absolute atomic E-state index is 12.5. The van der Waals surface area contributed by atoms with Gasteiger partial charge in [0.1, 0.15) is 5.70 Å². The summed E-state index contributed by atoms with van der Waals surface area (Å²) in [5.41, 5.74) is 3.39. The molecule has 0 unspecified atom stereocenters. The van der Waals surface area contributed by atoms with Gasteiger partial charge in [0.15, 0.2) is 0 Å². The van der Waals surface area contributed by atoms with Crippen molar-refractivity contribution in [2.45, 2.75) is 12.8 Å². The van der Waals surface area contributed by atoms with E-state index in [9.17, 15) is 14.4 Å². The van der Waals surface area contributed by atoms with Crippen molar-refractivity contribution in [3.63, 3.8) is 0 Å². The second kappa shape index (κ2) is 7.26. The maximum Gasteiger partial charge on any atom is 0.277 e. The first-order valence-corrected chi connectivity index (χ1v) is 9.16. The molecule has 2 aliphatic rings. The van der Waals surface area contributed by atoms with Crippen molar-refractivity contribution in [1.29, 1.82) is 0 Å². The fourth-order valence-electron chi connectivity index (χ4n) is 3.58. The molecule has 28 heavy (non-hydrogen) atoms. The molecule has 142 valence electrons. The Balaban J connectivity index is 1.43. The van der Waals surface area contributed by atoms with Crippen molar-refractivity contribution >= 4 is 23.4 Å². The third-order valence-corrected chi connectivity index (χ3v) is 4.99. The molecule has 1 aromatic heterocycles. The number of nitrogens with one attached hydrogen (secondary N) is 1. The Morgan fingerprint density at radius 3 is 2.61 bits per heavy atom. The van der Waals surface area contributed by atoms with Gasteiger partial charge in [-0.1, -0.05) is 18.2 Å². The van der Waals surface area contributed by atoms with Crippen LogP contribution in [-0.4, -0.2) is 52.6 Å². The smallest absolute Gasteiger partial charge is 0.277 e. The average Bonchev–Trinajstić information content (AvgIpc) is 2.94. The van der Waals surface area contributed by atoms with E-state index in [0.717, 1.165) is 22.6 Å². The number of amides is 3. The van der Waals surface area contributed by atoms with E-state index >= 15 is 0 Å². The molecule has 4 rings (SSSR count). The minimum atomic E-state index is -0.327. The lowest BCUT2D eigenvalue weighted by molar-refractivity contribution is -0.136. The van der Waals surface area contributed by atoms with Gasteiger partial charge in [0, 0.05) is 36.6 Å². The monoisotopic (exact) mass is 376 g/mol. The molecule has 0 atom stereocenters. The molecule has 1 N–H and O–H groups in total. The Morgan fingerprint density at radius 1 is 1.11 bits per heavy atom. The molecular formula is C21H20N4O3. The molecule has 1 aromatic carbocycles. The fraction of sp³-hybridized carbons (Fsp3) is 0.238. The number of carbonyl (C=O) groups excluding carboxylic acids is 3. The molecule has 3 amide bonds. The summed E-state index contributed by atoms with van der Waals surface area (Å²) in [6, 6.07) is 13.1. The standard InChI is InChI=1S/C21H20N4O3/c1-24-20(27)16-5-4-12-25(19(16)21(24)28)13-18(26)23-15-9-7-14(8-10-15)17-6-2-3-11-22-17/h2-3,6-11H,4-5,12-13H2,1H3,(H,23,26). The van der Waals surface area contributed by atoms with Crippen LogP contribution in [0.3, 0.4) is 0 Å². The SMILES string of the molecule is CN1C(=O)C2=C(C1=O)N(CC(=O)Nc1ccc(-c3ccccn3)cc1)CCC2. The van der Waals surface area contributed by atoms with Crippen LogP contribution in [0, 0.1) is 0 Å². The van der Waals surface area contributed by atoms with E-state index in [0.29, 0.717) is 29.9 Å². The van der Waals surface area contributed by atoms with Gasteiger partial charge < -0.3 is 10.2 Å². The summed E-state index contributed by atoms with van der Waals surface area (Å²) < 4.78 is 0. The zero-order valence-electron chi connectivity index (χ0n) is 15.5. The van der Waals surface area contributed by atoms with Crippen molar-refractivity contribution in [3.05, 3.63) is 59.9 Å². The van der Waals surface area contributed by atoms with Crippen LogP contribution in [0.2, 0.25) is 0 Å². The van der Waals surface area contributed by atoms with Crippen LogP contribution in [-0.2, 0) is 14.4 Å². The van der Waals surface area contributed by atoms with Gasteiger partial charge in [0.2, 0.25) is 5.91 Å². The second-order valence-electron chi connectivity index (χ2n) is 6.86. The van der Waals surface area contributed by atoms with E-state index in [1.165, 1.54) is 7.05 Å². The summed E-state index contributed by atoms with van der Waals surface area (Å²) in [4.78, 5) is 44.1. The zero-order valence-corrected chi connectivity index (χ0v) is 15.5. The van der Waals surface area contributed by atoms with Crippen molar-refractivity contribution in [2.75, 3.05) is 25.5 Å². The van der Waals surface area contributed by atoms with Crippen LogP contribution in [0.15, 0.2) is 59.9 Å². The summed E-state index contributed by atoms with van der Waals surface area (Å²) in [6.45, 7) is 0.616. The second-order valence-corrected chi connectivity index (χ2v) is 6.86. The molecule has 3 heterocycles. The van der Waals surface area contributed by atoms with Crippen LogP contribution in [0.25, 0.3) is 11.3 Å². The summed E-state index contributed by atoms with van der Waals surface area (Å²) in [7, 11) is 1.48. The van der Waals surface area contributed by atoms with Crippen molar-refractivity contribution in [3.8, 4) is 11.3 Å². The number of hydrogen-bond acceptors (Lipinski definition) is 5. The van der Waals surface area contributed by atoms with Gasteiger partial charge in [-0.2, -0.15) is 0 Å². The van der Waals surface area contributed by atoms with E-state index in [2.05, 4.69) is 10.3 Å². The molecule has 0 saturated carbocycles. The number of benzene rings is 1. The van der Waals surface area contributed by atoms with E-state index in [4.69, 9.17) is 0 Å².